The van der Waals surface area contributed by atoms with Crippen molar-refractivity contribution in [2.45, 2.75) is 0 Å². The quantitative estimate of drug-likeness (QED) is 0.270. The second-order valence-corrected chi connectivity index (χ2v) is 10.0. The van der Waals surface area contributed by atoms with Gasteiger partial charge in [0.05, 0.1) is 11.6 Å². The molecule has 0 spiro atoms. The molecule has 0 amide bonds. The molecule has 1 heterocycles. The van der Waals surface area contributed by atoms with Gasteiger partial charge in [-0.25, -0.2) is 0 Å². The van der Waals surface area contributed by atoms with Gasteiger partial charge in [0.15, 0.2) is 0 Å². The summed E-state index contributed by atoms with van der Waals surface area (Å²) in [5.74, 6) is 0.829. The summed E-state index contributed by atoms with van der Waals surface area (Å²) in [6.07, 6.45) is 2.24. The lowest BCUT2D eigenvalue weighted by molar-refractivity contribution is 0.656. The van der Waals surface area contributed by atoms with E-state index in [0.717, 1.165) is 22.6 Å². The van der Waals surface area contributed by atoms with Crippen molar-refractivity contribution in [1.82, 2.24) is 0 Å². The predicted molar refractivity (Wildman–Crippen MR) is 128 cm³/mol. The first-order valence-electron chi connectivity index (χ1n) is 9.52. The van der Waals surface area contributed by atoms with Crippen molar-refractivity contribution in [3.05, 3.63) is 108 Å². The number of nitriles is 1. The van der Waals surface area contributed by atoms with Gasteiger partial charge in [-0.2, -0.15) is 5.26 Å². The zero-order valence-corrected chi connectivity index (χ0v) is 17.7. The van der Waals surface area contributed by atoms with Crippen LogP contribution in [0.25, 0.3) is 22.2 Å². The topological polar surface area (TPSA) is 45.0 Å². The Morgan fingerprint density at radius 1 is 0.833 bits per heavy atom. The maximum absolute atomic E-state index is 9.13. The first kappa shape index (κ1) is 18.8. The van der Waals surface area contributed by atoms with Gasteiger partial charge in [-0.15, -0.1) is 0 Å². The van der Waals surface area contributed by atoms with Crippen LogP contribution in [0.1, 0.15) is 16.7 Å². The number of nitrogens with one attached hydrogen (secondary N) is 1. The third kappa shape index (κ3) is 3.78. The van der Waals surface area contributed by atoms with Gasteiger partial charge in [0.25, 0.3) is 0 Å². The fourth-order valence-corrected chi connectivity index (χ4v) is 6.55. The predicted octanol–water partition coefficient (Wildman–Crippen LogP) is 7.67. The molecule has 4 aromatic carbocycles. The van der Waals surface area contributed by atoms with Crippen LogP contribution < -0.4 is 9.27 Å². The van der Waals surface area contributed by atoms with E-state index < -0.39 is 7.27 Å². The molecule has 0 aliphatic carbocycles. The standard InChI is InChI=1S/C25H17N2OPS/c26-17-18-10-12-19(13-11-18)25-16-22-14-20-6-4-5-7-21(20)15-24(22)27-29(25)30-28-23-8-2-1-3-9-23/h1-16,27H. The van der Waals surface area contributed by atoms with Crippen LogP contribution >= 0.6 is 18.9 Å². The van der Waals surface area contributed by atoms with Gasteiger partial charge in [-0.1, -0.05) is 54.6 Å². The van der Waals surface area contributed by atoms with E-state index in [-0.39, 0.29) is 0 Å². The van der Waals surface area contributed by atoms with E-state index >= 15 is 0 Å². The summed E-state index contributed by atoms with van der Waals surface area (Å²) >= 11 is 1.45. The van der Waals surface area contributed by atoms with Crippen LogP contribution in [0.2, 0.25) is 0 Å². The molecule has 144 valence electrons. The molecule has 30 heavy (non-hydrogen) atoms. The van der Waals surface area contributed by atoms with E-state index in [2.05, 4.69) is 53.6 Å². The minimum absolute atomic E-state index is 0.659. The van der Waals surface area contributed by atoms with Gasteiger partial charge in [0.1, 0.15) is 24.7 Å². The lowest BCUT2D eigenvalue weighted by atomic mass is 10.0. The molecular weight excluding hydrogens is 407 g/mol. The monoisotopic (exact) mass is 424 g/mol. The highest BCUT2D eigenvalue weighted by Gasteiger charge is 2.25. The molecule has 1 aliphatic rings. The average molecular weight is 424 g/mol. The van der Waals surface area contributed by atoms with Gasteiger partial charge in [-0.3, -0.25) is 0 Å². The molecule has 1 atom stereocenters. The van der Waals surface area contributed by atoms with E-state index in [0.29, 0.717) is 5.56 Å². The zero-order valence-electron chi connectivity index (χ0n) is 15.9. The number of benzene rings is 4. The minimum atomic E-state index is -0.868. The first-order valence-corrected chi connectivity index (χ1v) is 12.2. The second-order valence-electron chi connectivity index (χ2n) is 6.88. The van der Waals surface area contributed by atoms with Crippen LogP contribution in [0.3, 0.4) is 0 Å². The fourth-order valence-electron chi connectivity index (χ4n) is 3.38. The summed E-state index contributed by atoms with van der Waals surface area (Å²) in [6.45, 7) is 0. The number of hydrogen-bond acceptors (Lipinski definition) is 4. The maximum Gasteiger partial charge on any atom is 0.137 e. The molecule has 4 aromatic rings. The van der Waals surface area contributed by atoms with Crippen molar-refractivity contribution in [3.63, 3.8) is 0 Å². The Bertz CT molecular complexity index is 1280. The number of anilines is 1. The van der Waals surface area contributed by atoms with Gasteiger partial charge in [-0.05, 0) is 64.4 Å². The highest BCUT2D eigenvalue weighted by atomic mass is 32.7. The van der Waals surface area contributed by atoms with Gasteiger partial charge in [0, 0.05) is 11.0 Å². The van der Waals surface area contributed by atoms with E-state index in [9.17, 15) is 0 Å². The summed E-state index contributed by atoms with van der Waals surface area (Å²) in [7, 11) is -0.868. The largest absolute Gasteiger partial charge is 0.419 e. The first-order chi connectivity index (χ1) is 14.8. The lowest BCUT2D eigenvalue weighted by Gasteiger charge is -2.27. The SMILES string of the molecule is N#Cc1ccc(C2=Cc3cc4ccccc4cc3NP2SOc2ccccc2)cc1. The minimum Gasteiger partial charge on any atom is -0.419 e. The van der Waals surface area contributed by atoms with Crippen LogP contribution in [-0.4, -0.2) is 0 Å². The van der Waals surface area contributed by atoms with Crippen LogP contribution in [0.5, 0.6) is 5.75 Å². The molecule has 0 saturated heterocycles. The van der Waals surface area contributed by atoms with Crippen molar-refractivity contribution in [1.29, 1.82) is 5.26 Å². The maximum atomic E-state index is 9.13. The molecule has 0 bridgehead atoms. The Balaban J connectivity index is 1.54. The molecule has 0 radical (unpaired) electrons. The van der Waals surface area contributed by atoms with Gasteiger partial charge < -0.3 is 9.27 Å². The molecule has 5 rings (SSSR count). The normalized spacial score (nSPS) is 14.9. The fraction of sp³-hybridized carbons (Fsp3) is 0. The molecule has 5 heteroatoms. The molecule has 3 nitrogen and oxygen atoms in total. The lowest BCUT2D eigenvalue weighted by Crippen LogP contribution is -2.01. The molecule has 0 saturated carbocycles. The smallest absolute Gasteiger partial charge is 0.137 e. The molecular formula is C25H17N2OPS. The van der Waals surface area contributed by atoms with Crippen LogP contribution in [-0.2, 0) is 0 Å². The summed E-state index contributed by atoms with van der Waals surface area (Å²) < 4.78 is 6.03. The Labute approximate surface area is 180 Å². The van der Waals surface area contributed by atoms with Crippen LogP contribution in [0, 0.1) is 11.3 Å². The van der Waals surface area contributed by atoms with Crippen molar-refractivity contribution in [2.75, 3.05) is 5.09 Å². The van der Waals surface area contributed by atoms with Gasteiger partial charge >= 0.3 is 0 Å². The molecule has 1 unspecified atom stereocenters. The second kappa shape index (κ2) is 8.24. The summed E-state index contributed by atoms with van der Waals surface area (Å²) in [4.78, 5) is 0. The number of fused-ring (bicyclic) bond motifs is 2. The zero-order chi connectivity index (χ0) is 20.3. The Hall–Kier alpha value is -3.25. The van der Waals surface area contributed by atoms with Crippen molar-refractivity contribution in [3.8, 4) is 11.8 Å². The number of rotatable bonds is 4. The summed E-state index contributed by atoms with van der Waals surface area (Å²) in [5.41, 5.74) is 4.02. The third-order valence-corrected chi connectivity index (χ3v) is 8.13. The Kier molecular flexibility index (Phi) is 5.15. The number of para-hydroxylation sites is 1. The highest BCUT2D eigenvalue weighted by Crippen LogP contribution is 2.63. The third-order valence-electron chi connectivity index (χ3n) is 4.91. The molecule has 1 N–H and O–H groups in total. The molecule has 0 fully saturated rings. The summed E-state index contributed by atoms with van der Waals surface area (Å²) in [6, 6.07) is 32.6. The van der Waals surface area contributed by atoms with Crippen molar-refractivity contribution in [2.24, 2.45) is 0 Å². The highest BCUT2D eigenvalue weighted by molar-refractivity contribution is 8.56. The Morgan fingerprint density at radius 2 is 1.53 bits per heavy atom. The Morgan fingerprint density at radius 3 is 2.27 bits per heavy atom. The molecule has 1 aliphatic heterocycles. The van der Waals surface area contributed by atoms with Crippen molar-refractivity contribution >= 4 is 46.8 Å². The van der Waals surface area contributed by atoms with Crippen LogP contribution in [0.4, 0.5) is 5.69 Å². The van der Waals surface area contributed by atoms with E-state index in [4.69, 9.17) is 9.44 Å². The summed E-state index contributed by atoms with van der Waals surface area (Å²) in [5, 5.41) is 16.4. The number of nitrogens with zero attached hydrogens (tertiary/aromatic N) is 1. The number of hydrogen-bond donors (Lipinski definition) is 1. The van der Waals surface area contributed by atoms with E-state index in [1.807, 2.05) is 54.6 Å². The van der Waals surface area contributed by atoms with Crippen LogP contribution in [0.15, 0.2) is 91.0 Å². The average Bonchev–Trinajstić information content (AvgIpc) is 2.81. The van der Waals surface area contributed by atoms with E-state index in [1.165, 1.54) is 27.7 Å². The molecule has 0 aromatic heterocycles. The van der Waals surface area contributed by atoms with Crippen molar-refractivity contribution < 1.29 is 4.18 Å². The van der Waals surface area contributed by atoms with Gasteiger partial charge in [0.2, 0.25) is 0 Å². The van der Waals surface area contributed by atoms with E-state index in [1.54, 1.807) is 0 Å².